The third kappa shape index (κ3) is 3.36. The first-order chi connectivity index (χ1) is 8.24. The second-order valence-corrected chi connectivity index (χ2v) is 5.11. The van der Waals surface area contributed by atoms with Gasteiger partial charge < -0.3 is 10.1 Å². The molecule has 1 aliphatic carbocycles. The van der Waals surface area contributed by atoms with Gasteiger partial charge in [0.25, 0.3) is 0 Å². The minimum Gasteiger partial charge on any atom is -0.496 e. The fourth-order valence-corrected chi connectivity index (χ4v) is 2.39. The molecule has 0 bridgehead atoms. The van der Waals surface area contributed by atoms with Gasteiger partial charge in [0.1, 0.15) is 5.75 Å². The molecule has 0 heterocycles. The highest BCUT2D eigenvalue weighted by Gasteiger charge is 2.27. The number of rotatable bonds is 6. The highest BCUT2D eigenvalue weighted by atomic mass is 35.5. The lowest BCUT2D eigenvalue weighted by Gasteiger charge is -2.20. The van der Waals surface area contributed by atoms with Gasteiger partial charge in [0.2, 0.25) is 0 Å². The van der Waals surface area contributed by atoms with E-state index in [-0.39, 0.29) is 0 Å². The molecule has 1 saturated carbocycles. The van der Waals surface area contributed by atoms with Crippen LogP contribution < -0.4 is 10.1 Å². The first-order valence-corrected chi connectivity index (χ1v) is 6.69. The zero-order valence-corrected chi connectivity index (χ0v) is 11.3. The average Bonchev–Trinajstić information content (AvgIpc) is 3.12. The van der Waals surface area contributed by atoms with Gasteiger partial charge in [0.15, 0.2) is 0 Å². The topological polar surface area (TPSA) is 21.3 Å². The van der Waals surface area contributed by atoms with Crippen LogP contribution >= 0.6 is 11.6 Å². The molecule has 0 amide bonds. The predicted molar refractivity (Wildman–Crippen MR) is 71.8 cm³/mol. The van der Waals surface area contributed by atoms with E-state index in [1.807, 2.05) is 12.1 Å². The molecule has 0 saturated heterocycles. The molecular weight excluding hydrogens is 234 g/mol. The summed E-state index contributed by atoms with van der Waals surface area (Å²) in [6.07, 6.45) is 3.95. The van der Waals surface area contributed by atoms with Crippen LogP contribution in [0.25, 0.3) is 0 Å². The number of methoxy groups -OCH3 is 1. The van der Waals surface area contributed by atoms with Gasteiger partial charge in [0.05, 0.1) is 7.11 Å². The van der Waals surface area contributed by atoms with Crippen molar-refractivity contribution < 1.29 is 4.74 Å². The van der Waals surface area contributed by atoms with E-state index in [9.17, 15) is 0 Å². The summed E-state index contributed by atoms with van der Waals surface area (Å²) in [6.45, 7) is 3.12. The van der Waals surface area contributed by atoms with E-state index in [0.29, 0.717) is 6.04 Å². The van der Waals surface area contributed by atoms with Crippen LogP contribution in [0.3, 0.4) is 0 Å². The Hall–Kier alpha value is -0.730. The van der Waals surface area contributed by atoms with Gasteiger partial charge in [0, 0.05) is 16.6 Å². The van der Waals surface area contributed by atoms with Gasteiger partial charge in [-0.2, -0.15) is 0 Å². The molecule has 1 aromatic carbocycles. The van der Waals surface area contributed by atoms with Crippen molar-refractivity contribution in [3.8, 4) is 5.75 Å². The van der Waals surface area contributed by atoms with E-state index in [4.69, 9.17) is 16.3 Å². The summed E-state index contributed by atoms with van der Waals surface area (Å²) in [7, 11) is 1.70. The minimum absolute atomic E-state index is 0.389. The fraction of sp³-hybridized carbons (Fsp3) is 0.571. The number of benzene rings is 1. The summed E-state index contributed by atoms with van der Waals surface area (Å²) < 4.78 is 5.43. The molecule has 1 atom stereocenters. The van der Waals surface area contributed by atoms with Crippen LogP contribution in [0.5, 0.6) is 5.75 Å². The summed E-state index contributed by atoms with van der Waals surface area (Å²) in [4.78, 5) is 0. The summed E-state index contributed by atoms with van der Waals surface area (Å²) in [5, 5.41) is 4.27. The number of hydrogen-bond acceptors (Lipinski definition) is 2. The van der Waals surface area contributed by atoms with Gasteiger partial charge in [-0.05, 0) is 31.0 Å². The molecule has 0 aliphatic heterocycles. The van der Waals surface area contributed by atoms with Crippen LogP contribution in [-0.2, 0) is 0 Å². The van der Waals surface area contributed by atoms with E-state index in [1.54, 1.807) is 7.11 Å². The summed E-state index contributed by atoms with van der Waals surface area (Å²) in [6, 6.07) is 6.31. The molecule has 3 heteroatoms. The van der Waals surface area contributed by atoms with Crippen molar-refractivity contribution in [2.75, 3.05) is 13.7 Å². The molecule has 1 fully saturated rings. The molecule has 1 N–H and O–H groups in total. The van der Waals surface area contributed by atoms with E-state index >= 15 is 0 Å². The van der Waals surface area contributed by atoms with Crippen molar-refractivity contribution in [3.05, 3.63) is 28.8 Å². The van der Waals surface area contributed by atoms with Crippen molar-refractivity contribution >= 4 is 11.6 Å². The van der Waals surface area contributed by atoms with E-state index < -0.39 is 0 Å². The first-order valence-electron chi connectivity index (χ1n) is 6.31. The lowest BCUT2D eigenvalue weighted by Crippen LogP contribution is -2.22. The van der Waals surface area contributed by atoms with Crippen LogP contribution in [0.4, 0.5) is 0 Å². The molecule has 2 rings (SSSR count). The van der Waals surface area contributed by atoms with Gasteiger partial charge in [-0.25, -0.2) is 0 Å². The summed E-state index contributed by atoms with van der Waals surface area (Å²) in [5.41, 5.74) is 1.23. The Bertz CT molecular complexity index is 376. The zero-order chi connectivity index (χ0) is 12.3. The smallest absolute Gasteiger partial charge is 0.125 e. The third-order valence-electron chi connectivity index (χ3n) is 3.29. The number of nitrogens with one attached hydrogen (secondary N) is 1. The molecule has 94 valence electrons. The lowest BCUT2D eigenvalue weighted by molar-refractivity contribution is 0.393. The van der Waals surface area contributed by atoms with Crippen LogP contribution in [-0.4, -0.2) is 13.7 Å². The van der Waals surface area contributed by atoms with Crippen molar-refractivity contribution in [3.63, 3.8) is 0 Å². The quantitative estimate of drug-likeness (QED) is 0.833. The third-order valence-corrected chi connectivity index (χ3v) is 3.52. The number of halogens is 1. The van der Waals surface area contributed by atoms with Gasteiger partial charge in [-0.1, -0.05) is 37.4 Å². The Kier molecular flexibility index (Phi) is 4.30. The zero-order valence-electron chi connectivity index (χ0n) is 10.5. The molecule has 1 aliphatic rings. The predicted octanol–water partition coefficient (Wildman–Crippen LogP) is 3.80. The first kappa shape index (κ1) is 12.7. The molecule has 1 aromatic rings. The van der Waals surface area contributed by atoms with Crippen molar-refractivity contribution in [1.82, 2.24) is 5.32 Å². The second kappa shape index (κ2) is 5.74. The van der Waals surface area contributed by atoms with Crippen LogP contribution in [0.15, 0.2) is 18.2 Å². The summed E-state index contributed by atoms with van der Waals surface area (Å²) >= 11 is 6.00. The van der Waals surface area contributed by atoms with Crippen molar-refractivity contribution in [1.29, 1.82) is 0 Å². The van der Waals surface area contributed by atoms with E-state index in [1.165, 1.54) is 24.8 Å². The Balaban J connectivity index is 2.20. The van der Waals surface area contributed by atoms with Crippen molar-refractivity contribution in [2.24, 2.45) is 5.92 Å². The molecule has 1 unspecified atom stereocenters. The minimum atomic E-state index is 0.389. The molecule has 17 heavy (non-hydrogen) atoms. The Morgan fingerprint density at radius 2 is 2.24 bits per heavy atom. The number of hydrogen-bond donors (Lipinski definition) is 1. The maximum atomic E-state index is 6.00. The normalized spacial score (nSPS) is 16.9. The maximum absolute atomic E-state index is 6.00. The van der Waals surface area contributed by atoms with Gasteiger partial charge in [-0.3, -0.25) is 0 Å². The van der Waals surface area contributed by atoms with Gasteiger partial charge in [-0.15, -0.1) is 0 Å². The van der Waals surface area contributed by atoms with Gasteiger partial charge >= 0.3 is 0 Å². The Morgan fingerprint density at radius 3 is 2.82 bits per heavy atom. The Morgan fingerprint density at radius 1 is 1.47 bits per heavy atom. The summed E-state index contributed by atoms with van der Waals surface area (Å²) in [5.74, 6) is 1.78. The second-order valence-electron chi connectivity index (χ2n) is 4.68. The monoisotopic (exact) mass is 253 g/mol. The highest BCUT2D eigenvalue weighted by molar-refractivity contribution is 6.30. The SMILES string of the molecule is CCNC(CC1CC1)c1ccc(Cl)cc1OC. The largest absolute Gasteiger partial charge is 0.496 e. The van der Waals surface area contributed by atoms with Crippen molar-refractivity contribution in [2.45, 2.75) is 32.2 Å². The molecule has 0 radical (unpaired) electrons. The standard InChI is InChI=1S/C14H20ClNO/c1-3-16-13(8-10-4-5-10)12-7-6-11(15)9-14(12)17-2/h6-7,9-10,13,16H,3-5,8H2,1-2H3. The molecule has 0 spiro atoms. The van der Waals surface area contributed by atoms with Crippen LogP contribution in [0.1, 0.15) is 37.8 Å². The molecule has 2 nitrogen and oxygen atoms in total. The lowest BCUT2D eigenvalue weighted by atomic mass is 10.00. The van der Waals surface area contributed by atoms with Crippen LogP contribution in [0.2, 0.25) is 5.02 Å². The van der Waals surface area contributed by atoms with Crippen LogP contribution in [0, 0.1) is 5.92 Å². The molecule has 0 aromatic heterocycles. The van der Waals surface area contributed by atoms with E-state index in [0.717, 1.165) is 23.2 Å². The maximum Gasteiger partial charge on any atom is 0.125 e. The number of ether oxygens (including phenoxy) is 1. The fourth-order valence-electron chi connectivity index (χ4n) is 2.23. The Labute approximate surface area is 108 Å². The molecular formula is C14H20ClNO. The van der Waals surface area contributed by atoms with E-state index in [2.05, 4.69) is 18.3 Å². The highest BCUT2D eigenvalue weighted by Crippen LogP contribution is 2.40. The average molecular weight is 254 g/mol.